The van der Waals surface area contributed by atoms with Crippen LogP contribution in [0.2, 0.25) is 0 Å². The van der Waals surface area contributed by atoms with Gasteiger partial charge in [0.15, 0.2) is 5.69 Å². The number of hydrogen-bond acceptors (Lipinski definition) is 5. The smallest absolute Gasteiger partial charge is 0.251 e. The first-order valence-corrected chi connectivity index (χ1v) is 11.2. The molecule has 5 N–H and O–H groups in total. The standard InChI is InChI=1S/C26H28N4O5/c1-18(31)29-23-16-22(13-15-28-26(33)20-10-6-3-7-11-20)24(30(34)35)17-21(23)12-14-27-25(32)19-8-4-2-5-9-19/h2-11,16-17,30,34H,12-15H2,1H3,(H,27,32)(H,28,33)(H,29,31). The monoisotopic (exact) mass is 476 g/mol. The highest BCUT2D eigenvalue weighted by molar-refractivity contribution is 5.94. The highest BCUT2D eigenvalue weighted by Crippen LogP contribution is 2.24. The Morgan fingerprint density at radius 1 is 0.800 bits per heavy atom. The Morgan fingerprint density at radius 2 is 1.29 bits per heavy atom. The van der Waals surface area contributed by atoms with Crippen molar-refractivity contribution >= 4 is 29.1 Å². The Hall–Kier alpha value is -4.05. The van der Waals surface area contributed by atoms with E-state index in [1.807, 2.05) is 12.1 Å². The molecule has 3 aromatic rings. The molecular formula is C26H28N4O5. The summed E-state index contributed by atoms with van der Waals surface area (Å²) in [5.74, 6) is -0.794. The minimum atomic E-state index is -1.11. The molecule has 0 saturated heterocycles. The van der Waals surface area contributed by atoms with Crippen LogP contribution in [-0.2, 0) is 17.6 Å². The predicted molar refractivity (Wildman–Crippen MR) is 131 cm³/mol. The van der Waals surface area contributed by atoms with Crippen molar-refractivity contribution in [2.45, 2.75) is 19.8 Å². The topological polar surface area (TPSA) is 135 Å². The zero-order chi connectivity index (χ0) is 25.2. The maximum Gasteiger partial charge on any atom is 0.251 e. The van der Waals surface area contributed by atoms with Gasteiger partial charge < -0.3 is 21.2 Å². The van der Waals surface area contributed by atoms with E-state index in [-0.39, 0.29) is 42.9 Å². The van der Waals surface area contributed by atoms with Gasteiger partial charge in [0.2, 0.25) is 5.91 Å². The molecule has 0 spiro atoms. The van der Waals surface area contributed by atoms with E-state index in [9.17, 15) is 24.8 Å². The minimum absolute atomic E-state index is 0.0810. The molecule has 0 aromatic heterocycles. The number of benzene rings is 3. The largest absolute Gasteiger partial charge is 0.595 e. The zero-order valence-corrected chi connectivity index (χ0v) is 19.3. The highest BCUT2D eigenvalue weighted by atomic mass is 16.8. The molecule has 3 amide bonds. The summed E-state index contributed by atoms with van der Waals surface area (Å²) in [6, 6.07) is 20.6. The lowest BCUT2D eigenvalue weighted by atomic mass is 10.0. The van der Waals surface area contributed by atoms with Crippen LogP contribution in [0, 0.1) is 5.21 Å². The Balaban J connectivity index is 1.72. The van der Waals surface area contributed by atoms with E-state index in [2.05, 4.69) is 16.0 Å². The molecule has 3 aromatic carbocycles. The van der Waals surface area contributed by atoms with Gasteiger partial charge in [-0.15, -0.1) is 0 Å². The van der Waals surface area contributed by atoms with Crippen LogP contribution >= 0.6 is 0 Å². The Morgan fingerprint density at radius 3 is 1.74 bits per heavy atom. The third-order valence-electron chi connectivity index (χ3n) is 5.30. The normalized spacial score (nSPS) is 11.4. The molecule has 182 valence electrons. The third kappa shape index (κ3) is 7.47. The number of quaternary nitrogens is 1. The fourth-order valence-electron chi connectivity index (χ4n) is 3.61. The number of nitrogens with one attached hydrogen (secondary N) is 4. The van der Waals surface area contributed by atoms with Crippen LogP contribution in [0.5, 0.6) is 0 Å². The van der Waals surface area contributed by atoms with Crippen LogP contribution in [0.4, 0.5) is 11.4 Å². The van der Waals surface area contributed by atoms with Gasteiger partial charge in [0, 0.05) is 48.5 Å². The zero-order valence-electron chi connectivity index (χ0n) is 19.3. The second-order valence-electron chi connectivity index (χ2n) is 7.90. The summed E-state index contributed by atoms with van der Waals surface area (Å²) >= 11 is 0. The minimum Gasteiger partial charge on any atom is -0.595 e. The first-order chi connectivity index (χ1) is 16.8. The van der Waals surface area contributed by atoms with Gasteiger partial charge in [-0.25, -0.2) is 5.21 Å². The van der Waals surface area contributed by atoms with Gasteiger partial charge in [-0.2, -0.15) is 5.23 Å². The summed E-state index contributed by atoms with van der Waals surface area (Å²) in [5.41, 5.74) is 2.65. The second-order valence-corrected chi connectivity index (χ2v) is 7.90. The van der Waals surface area contributed by atoms with Crippen LogP contribution in [0.1, 0.15) is 38.8 Å². The lowest BCUT2D eigenvalue weighted by molar-refractivity contribution is -0.991. The van der Waals surface area contributed by atoms with Crippen molar-refractivity contribution in [2.24, 2.45) is 0 Å². The van der Waals surface area contributed by atoms with Crippen molar-refractivity contribution in [3.63, 3.8) is 0 Å². The summed E-state index contributed by atoms with van der Waals surface area (Å²) in [6.07, 6.45) is 0.581. The molecule has 0 fully saturated rings. The molecule has 3 rings (SSSR count). The van der Waals surface area contributed by atoms with Crippen LogP contribution < -0.4 is 21.2 Å². The third-order valence-corrected chi connectivity index (χ3v) is 5.30. The highest BCUT2D eigenvalue weighted by Gasteiger charge is 2.17. The molecule has 0 aliphatic heterocycles. The maximum atomic E-state index is 12.3. The van der Waals surface area contributed by atoms with Crippen LogP contribution in [-0.4, -0.2) is 36.0 Å². The number of carbonyl (C=O) groups excluding carboxylic acids is 3. The average molecular weight is 477 g/mol. The fraction of sp³-hybridized carbons (Fsp3) is 0.192. The van der Waals surface area contributed by atoms with E-state index in [0.29, 0.717) is 34.4 Å². The van der Waals surface area contributed by atoms with Crippen molar-refractivity contribution in [3.05, 3.63) is 100 Å². The van der Waals surface area contributed by atoms with Crippen molar-refractivity contribution in [1.29, 1.82) is 0 Å². The molecule has 0 heterocycles. The van der Waals surface area contributed by atoms with E-state index >= 15 is 0 Å². The van der Waals surface area contributed by atoms with Crippen molar-refractivity contribution in [3.8, 4) is 0 Å². The Kier molecular flexibility index (Phi) is 9.08. The summed E-state index contributed by atoms with van der Waals surface area (Å²) < 4.78 is 0. The lowest BCUT2D eigenvalue weighted by Crippen LogP contribution is -2.99. The van der Waals surface area contributed by atoms with Gasteiger partial charge in [0.05, 0.1) is 0 Å². The lowest BCUT2D eigenvalue weighted by Gasteiger charge is -2.20. The van der Waals surface area contributed by atoms with Crippen LogP contribution in [0.25, 0.3) is 0 Å². The van der Waals surface area contributed by atoms with Crippen molar-refractivity contribution in [2.75, 3.05) is 18.4 Å². The number of anilines is 1. The van der Waals surface area contributed by atoms with Gasteiger partial charge in [0.1, 0.15) is 0 Å². The van der Waals surface area contributed by atoms with Gasteiger partial charge >= 0.3 is 0 Å². The summed E-state index contributed by atoms with van der Waals surface area (Å²) in [4.78, 5) is 36.3. The first-order valence-electron chi connectivity index (χ1n) is 11.2. The van der Waals surface area contributed by atoms with Gasteiger partial charge in [-0.1, -0.05) is 36.4 Å². The van der Waals surface area contributed by atoms with Gasteiger partial charge in [0.25, 0.3) is 11.8 Å². The fourth-order valence-corrected chi connectivity index (χ4v) is 3.61. The average Bonchev–Trinajstić information content (AvgIpc) is 2.85. The first kappa shape index (κ1) is 25.6. The molecule has 0 aliphatic carbocycles. The molecular weight excluding hydrogens is 448 g/mol. The molecule has 1 atom stereocenters. The molecule has 0 radical (unpaired) electrons. The van der Waals surface area contributed by atoms with Crippen molar-refractivity contribution in [1.82, 2.24) is 10.6 Å². The second kappa shape index (κ2) is 12.4. The molecule has 1 unspecified atom stereocenters. The molecule has 0 saturated carbocycles. The summed E-state index contributed by atoms with van der Waals surface area (Å²) in [6.45, 7) is 1.84. The van der Waals surface area contributed by atoms with E-state index in [0.717, 1.165) is 0 Å². The predicted octanol–water partition coefficient (Wildman–Crippen LogP) is 1.99. The van der Waals surface area contributed by atoms with Gasteiger partial charge in [-0.3, -0.25) is 14.4 Å². The number of rotatable bonds is 10. The Bertz CT molecular complexity index is 1170. The van der Waals surface area contributed by atoms with Crippen LogP contribution in [0.15, 0.2) is 72.8 Å². The summed E-state index contributed by atoms with van der Waals surface area (Å²) in [7, 11) is 0. The number of carbonyl (C=O) groups is 3. The molecule has 0 aliphatic rings. The van der Waals surface area contributed by atoms with Gasteiger partial charge in [-0.05, 0) is 48.7 Å². The molecule has 0 bridgehead atoms. The summed E-state index contributed by atoms with van der Waals surface area (Å²) in [5, 5.41) is 28.9. The van der Waals surface area contributed by atoms with E-state index in [1.165, 1.54) is 13.0 Å². The quantitative estimate of drug-likeness (QED) is 0.285. The number of amides is 3. The van der Waals surface area contributed by atoms with Crippen molar-refractivity contribution < 1.29 is 24.8 Å². The molecule has 9 heteroatoms. The number of hydrogen-bond donors (Lipinski definition) is 5. The molecule has 35 heavy (non-hydrogen) atoms. The molecule has 9 nitrogen and oxygen atoms in total. The maximum absolute atomic E-state index is 12.3. The van der Waals surface area contributed by atoms with Crippen LogP contribution in [0.3, 0.4) is 0 Å². The Labute approximate surface area is 203 Å². The van der Waals surface area contributed by atoms with E-state index in [1.54, 1.807) is 54.6 Å². The SMILES string of the molecule is CC(=O)Nc1cc(CCNC(=O)c2ccccc2)c([NH+]([O-])O)cc1CCNC(=O)c1ccccc1. The van der Waals surface area contributed by atoms with E-state index in [4.69, 9.17) is 0 Å². The van der Waals surface area contributed by atoms with E-state index < -0.39 is 5.23 Å².